The van der Waals surface area contributed by atoms with Gasteiger partial charge in [-0.2, -0.15) is 4.98 Å². The number of nitrogen functional groups attached to an aromatic ring is 1. The van der Waals surface area contributed by atoms with E-state index in [0.717, 1.165) is 22.4 Å². The molecule has 3 N–H and O–H groups in total. The molecule has 0 saturated heterocycles. The Morgan fingerprint density at radius 1 is 1.10 bits per heavy atom. The zero-order valence-electron chi connectivity index (χ0n) is 16.9. The summed E-state index contributed by atoms with van der Waals surface area (Å²) in [5, 5.41) is 7.40. The number of benzene rings is 1. The molecule has 0 radical (unpaired) electrons. The lowest BCUT2D eigenvalue weighted by Gasteiger charge is -2.31. The first-order chi connectivity index (χ1) is 13.9. The van der Waals surface area contributed by atoms with E-state index in [4.69, 9.17) is 15.0 Å². The maximum Gasteiger partial charge on any atom is 0.294 e. The molecule has 1 aromatic carbocycles. The summed E-state index contributed by atoms with van der Waals surface area (Å²) in [5.74, 6) is 2.12. The number of hydrogen-bond acceptors (Lipinski definition) is 8. The Morgan fingerprint density at radius 3 is 2.38 bits per heavy atom. The van der Waals surface area contributed by atoms with Crippen LogP contribution in [0, 0.1) is 5.92 Å². The highest BCUT2D eigenvalue weighted by Crippen LogP contribution is 2.38. The second kappa shape index (κ2) is 7.20. The van der Waals surface area contributed by atoms with Crippen LogP contribution in [0.5, 0.6) is 0 Å². The molecule has 0 fully saturated rings. The number of nitrogens with zero attached hydrogens (tertiary/aromatic N) is 4. The fourth-order valence-electron chi connectivity index (χ4n) is 3.37. The van der Waals surface area contributed by atoms with Crippen LogP contribution in [0.4, 0.5) is 5.95 Å². The number of anilines is 1. The molecule has 0 bridgehead atoms. The van der Waals surface area contributed by atoms with Crippen LogP contribution in [0.2, 0.25) is 0 Å². The minimum Gasteiger partial charge on any atom is -0.466 e. The molecule has 8 nitrogen and oxygen atoms in total. The maximum absolute atomic E-state index is 5.58. The molecule has 8 heteroatoms. The van der Waals surface area contributed by atoms with Crippen molar-refractivity contribution in [3.8, 4) is 11.1 Å². The van der Waals surface area contributed by atoms with Gasteiger partial charge in [-0.3, -0.25) is 0 Å². The molecule has 1 aliphatic rings. The number of allylic oxidation sites excluding steroid dienone is 1. The first-order valence-electron chi connectivity index (χ1n) is 9.50. The third-order valence-electron chi connectivity index (χ3n) is 5.62. The van der Waals surface area contributed by atoms with Crippen molar-refractivity contribution in [1.29, 1.82) is 0 Å². The number of nitrogens with one attached hydrogen (secondary N) is 1. The average Bonchev–Trinajstić information content (AvgIpc) is 3.37. The molecule has 0 amide bonds. The summed E-state index contributed by atoms with van der Waals surface area (Å²) in [5.41, 5.74) is 9.05. The van der Waals surface area contributed by atoms with Crippen LogP contribution >= 0.6 is 0 Å². The zero-order chi connectivity index (χ0) is 20.6. The zero-order valence-corrected chi connectivity index (χ0v) is 16.9. The fourth-order valence-corrected chi connectivity index (χ4v) is 3.37. The van der Waals surface area contributed by atoms with E-state index in [1.54, 1.807) is 12.4 Å². The second-order valence-electron chi connectivity index (χ2n) is 7.61. The first kappa shape index (κ1) is 18.9. The van der Waals surface area contributed by atoms with Crippen LogP contribution in [-0.2, 0) is 10.2 Å². The van der Waals surface area contributed by atoms with E-state index >= 15 is 0 Å². The number of nitrogens with two attached hydrogens (primary N) is 1. The van der Waals surface area contributed by atoms with Crippen LogP contribution in [0.15, 0.2) is 46.9 Å². The SMILES string of the molecule is CC1=C(c2nc(C(C)(c3ccc(-c4cnc(N)nc4)cc3)C(C)C)no2)OCN1. The Labute approximate surface area is 169 Å². The standard InChI is InChI=1S/C21H24N6O2/c1-12(2)21(4,19-26-18(29-27-19)17-13(3)25-11-28-17)16-7-5-14(6-8-16)15-9-23-20(22)24-10-15/h5-10,12,25H,11H2,1-4H3,(H2,22,23,24). The molecule has 3 aromatic rings. The van der Waals surface area contributed by atoms with Crippen molar-refractivity contribution in [3.63, 3.8) is 0 Å². The fraction of sp³-hybridized carbons (Fsp3) is 0.333. The van der Waals surface area contributed by atoms with E-state index in [2.05, 4.69) is 58.3 Å². The Balaban J connectivity index is 1.69. The van der Waals surface area contributed by atoms with E-state index in [-0.39, 0.29) is 11.9 Å². The highest BCUT2D eigenvalue weighted by atomic mass is 16.5. The van der Waals surface area contributed by atoms with Gasteiger partial charge >= 0.3 is 0 Å². The largest absolute Gasteiger partial charge is 0.466 e. The molecule has 3 heterocycles. The average molecular weight is 392 g/mol. The molecule has 4 rings (SSSR count). The molecule has 1 aliphatic heterocycles. The molecule has 0 spiro atoms. The van der Waals surface area contributed by atoms with Crippen molar-refractivity contribution in [2.75, 3.05) is 12.5 Å². The van der Waals surface area contributed by atoms with E-state index in [1.807, 2.05) is 19.1 Å². The lowest BCUT2D eigenvalue weighted by Crippen LogP contribution is -2.31. The van der Waals surface area contributed by atoms with Crippen molar-refractivity contribution in [2.24, 2.45) is 5.92 Å². The summed E-state index contributed by atoms with van der Waals surface area (Å²) in [7, 11) is 0. The summed E-state index contributed by atoms with van der Waals surface area (Å²) >= 11 is 0. The number of hydrogen-bond donors (Lipinski definition) is 2. The third kappa shape index (κ3) is 3.30. The summed E-state index contributed by atoms with van der Waals surface area (Å²) in [6.45, 7) is 8.76. The van der Waals surface area contributed by atoms with Crippen molar-refractivity contribution in [2.45, 2.75) is 33.1 Å². The van der Waals surface area contributed by atoms with Crippen LogP contribution in [0.25, 0.3) is 16.9 Å². The molecule has 2 aromatic heterocycles. The van der Waals surface area contributed by atoms with E-state index in [1.165, 1.54) is 0 Å². The quantitative estimate of drug-likeness (QED) is 0.680. The van der Waals surface area contributed by atoms with Gasteiger partial charge in [-0.1, -0.05) is 43.3 Å². The van der Waals surface area contributed by atoms with Crippen LogP contribution in [0.3, 0.4) is 0 Å². The minimum absolute atomic E-state index is 0.233. The van der Waals surface area contributed by atoms with E-state index in [0.29, 0.717) is 24.2 Å². The molecular weight excluding hydrogens is 368 g/mol. The minimum atomic E-state index is -0.432. The molecule has 1 unspecified atom stereocenters. The highest BCUT2D eigenvalue weighted by Gasteiger charge is 2.38. The summed E-state index contributed by atoms with van der Waals surface area (Å²) < 4.78 is 11.1. The Morgan fingerprint density at radius 2 is 1.79 bits per heavy atom. The predicted molar refractivity (Wildman–Crippen MR) is 109 cm³/mol. The molecular formula is C21H24N6O2. The van der Waals surface area contributed by atoms with Gasteiger partial charge in [0, 0.05) is 18.0 Å². The smallest absolute Gasteiger partial charge is 0.294 e. The summed E-state index contributed by atoms with van der Waals surface area (Å²) in [4.78, 5) is 12.8. The van der Waals surface area contributed by atoms with Gasteiger partial charge in [-0.25, -0.2) is 9.97 Å². The number of ether oxygens (including phenoxy) is 1. The van der Waals surface area contributed by atoms with Gasteiger partial charge in [0.1, 0.15) is 0 Å². The van der Waals surface area contributed by atoms with Crippen molar-refractivity contribution >= 4 is 11.7 Å². The lowest BCUT2D eigenvalue weighted by atomic mass is 9.72. The van der Waals surface area contributed by atoms with E-state index < -0.39 is 5.41 Å². The first-order valence-corrected chi connectivity index (χ1v) is 9.50. The molecule has 0 saturated carbocycles. The predicted octanol–water partition coefficient (Wildman–Crippen LogP) is 3.34. The molecule has 150 valence electrons. The van der Waals surface area contributed by atoms with Gasteiger partial charge < -0.3 is 20.3 Å². The Hall–Kier alpha value is -3.42. The number of rotatable bonds is 5. The topological polar surface area (TPSA) is 112 Å². The van der Waals surface area contributed by atoms with Gasteiger partial charge in [0.15, 0.2) is 12.6 Å². The second-order valence-corrected chi connectivity index (χ2v) is 7.61. The van der Waals surface area contributed by atoms with Crippen LogP contribution in [-0.4, -0.2) is 26.8 Å². The van der Waals surface area contributed by atoms with Gasteiger partial charge in [-0.15, -0.1) is 0 Å². The van der Waals surface area contributed by atoms with Gasteiger partial charge in [0.2, 0.25) is 11.7 Å². The molecule has 29 heavy (non-hydrogen) atoms. The van der Waals surface area contributed by atoms with Gasteiger partial charge in [-0.05, 0) is 30.9 Å². The monoisotopic (exact) mass is 392 g/mol. The third-order valence-corrected chi connectivity index (χ3v) is 5.62. The van der Waals surface area contributed by atoms with Crippen molar-refractivity contribution in [3.05, 3.63) is 59.6 Å². The van der Waals surface area contributed by atoms with Crippen LogP contribution < -0.4 is 11.1 Å². The molecule has 1 atom stereocenters. The van der Waals surface area contributed by atoms with Gasteiger partial charge in [0.05, 0.1) is 11.1 Å². The highest BCUT2D eigenvalue weighted by molar-refractivity contribution is 5.63. The van der Waals surface area contributed by atoms with Crippen molar-refractivity contribution < 1.29 is 9.26 Å². The van der Waals surface area contributed by atoms with Crippen LogP contribution in [0.1, 0.15) is 45.0 Å². The maximum atomic E-state index is 5.58. The Kier molecular flexibility index (Phi) is 4.70. The Bertz CT molecular complexity index is 1040. The van der Waals surface area contributed by atoms with Crippen molar-refractivity contribution in [1.82, 2.24) is 25.4 Å². The molecule has 0 aliphatic carbocycles. The normalized spacial score (nSPS) is 15.9. The van der Waals surface area contributed by atoms with Gasteiger partial charge in [0.25, 0.3) is 5.89 Å². The van der Waals surface area contributed by atoms with E-state index in [9.17, 15) is 0 Å². The number of aromatic nitrogens is 4. The summed E-state index contributed by atoms with van der Waals surface area (Å²) in [6, 6.07) is 8.25. The summed E-state index contributed by atoms with van der Waals surface area (Å²) in [6.07, 6.45) is 3.44. The lowest BCUT2D eigenvalue weighted by molar-refractivity contribution is 0.271.